The second kappa shape index (κ2) is 4.35. The predicted molar refractivity (Wildman–Crippen MR) is 50.5 cm³/mol. The maximum Gasteiger partial charge on any atom is 0.0646 e. The van der Waals surface area contributed by atoms with Gasteiger partial charge < -0.3 is 10.5 Å². The molecule has 1 aliphatic rings. The Morgan fingerprint density at radius 1 is 1.67 bits per heavy atom. The Kier molecular flexibility index (Phi) is 3.68. The summed E-state index contributed by atoms with van der Waals surface area (Å²) in [6.07, 6.45) is 4.57. The number of hydrogen-bond donors (Lipinski definition) is 1. The summed E-state index contributed by atoms with van der Waals surface area (Å²) < 4.78 is 16.1. The minimum atomic E-state index is -0.729. The molecule has 0 aliphatic carbocycles. The lowest BCUT2D eigenvalue weighted by Gasteiger charge is -2.32. The van der Waals surface area contributed by atoms with Crippen LogP contribution in [-0.2, 0) is 15.5 Å². The van der Waals surface area contributed by atoms with Crippen LogP contribution in [0.3, 0.4) is 0 Å². The fourth-order valence-electron chi connectivity index (χ4n) is 1.42. The summed E-state index contributed by atoms with van der Waals surface area (Å²) in [6.45, 7) is 1.46. The largest absolute Gasteiger partial charge is 0.380 e. The van der Waals surface area contributed by atoms with Crippen LogP contribution in [0.15, 0.2) is 0 Å². The van der Waals surface area contributed by atoms with Crippen LogP contribution in [0.4, 0.5) is 0 Å². The normalized spacial score (nSPS) is 33.2. The molecule has 0 aromatic carbocycles. The van der Waals surface area contributed by atoms with Crippen molar-refractivity contribution < 1.29 is 8.95 Å². The summed E-state index contributed by atoms with van der Waals surface area (Å²) >= 11 is 0. The zero-order valence-corrected chi connectivity index (χ0v) is 8.36. The molecule has 2 atom stereocenters. The van der Waals surface area contributed by atoms with Gasteiger partial charge in [-0.05, 0) is 19.3 Å². The van der Waals surface area contributed by atoms with Crippen molar-refractivity contribution in [2.75, 3.05) is 25.2 Å². The van der Waals surface area contributed by atoms with Gasteiger partial charge in [0, 0.05) is 35.0 Å². The van der Waals surface area contributed by atoms with Crippen molar-refractivity contribution in [3.63, 3.8) is 0 Å². The minimum Gasteiger partial charge on any atom is -0.380 e. The van der Waals surface area contributed by atoms with E-state index in [1.54, 1.807) is 6.26 Å². The van der Waals surface area contributed by atoms with Crippen LogP contribution in [0.5, 0.6) is 0 Å². The molecule has 2 unspecified atom stereocenters. The van der Waals surface area contributed by atoms with Crippen LogP contribution in [0.2, 0.25) is 0 Å². The highest BCUT2D eigenvalue weighted by molar-refractivity contribution is 7.84. The Balaban J connectivity index is 2.31. The van der Waals surface area contributed by atoms with Gasteiger partial charge in [0.05, 0.1) is 6.61 Å². The van der Waals surface area contributed by atoms with Crippen LogP contribution in [0, 0.1) is 0 Å². The van der Waals surface area contributed by atoms with Gasteiger partial charge >= 0.3 is 0 Å². The van der Waals surface area contributed by atoms with Gasteiger partial charge in [-0.25, -0.2) is 0 Å². The van der Waals surface area contributed by atoms with Gasteiger partial charge in [0.1, 0.15) is 0 Å². The molecule has 0 saturated carbocycles. The molecular formula is C8H17NO2S. The maximum absolute atomic E-state index is 10.8. The number of nitrogens with two attached hydrogens (primary N) is 1. The van der Waals surface area contributed by atoms with Crippen LogP contribution in [0.1, 0.15) is 19.3 Å². The van der Waals surface area contributed by atoms with Crippen molar-refractivity contribution in [3.8, 4) is 0 Å². The molecule has 0 aromatic heterocycles. The maximum atomic E-state index is 10.8. The molecule has 0 aromatic rings. The molecule has 0 radical (unpaired) electrons. The SMILES string of the molecule is CS(=O)CCC1(N)CCCOC1. The van der Waals surface area contributed by atoms with E-state index in [1.165, 1.54) is 0 Å². The molecular weight excluding hydrogens is 174 g/mol. The molecule has 4 heteroatoms. The van der Waals surface area contributed by atoms with E-state index < -0.39 is 10.8 Å². The Labute approximate surface area is 76.1 Å². The first-order valence-corrected chi connectivity index (χ1v) is 6.02. The Morgan fingerprint density at radius 2 is 2.42 bits per heavy atom. The monoisotopic (exact) mass is 191 g/mol. The summed E-state index contributed by atoms with van der Waals surface area (Å²) in [6, 6.07) is 0. The van der Waals surface area contributed by atoms with E-state index in [1.807, 2.05) is 0 Å². The van der Waals surface area contributed by atoms with Gasteiger partial charge in [-0.1, -0.05) is 0 Å². The molecule has 1 rings (SSSR count). The van der Waals surface area contributed by atoms with Gasteiger partial charge in [0.2, 0.25) is 0 Å². The third kappa shape index (κ3) is 3.21. The lowest BCUT2D eigenvalue weighted by Crippen LogP contribution is -2.48. The first kappa shape index (κ1) is 10.2. The lowest BCUT2D eigenvalue weighted by atomic mass is 9.91. The van der Waals surface area contributed by atoms with E-state index in [9.17, 15) is 4.21 Å². The zero-order valence-electron chi connectivity index (χ0n) is 7.54. The molecule has 1 fully saturated rings. The van der Waals surface area contributed by atoms with Crippen LogP contribution in [-0.4, -0.2) is 35.0 Å². The highest BCUT2D eigenvalue weighted by Gasteiger charge is 2.27. The van der Waals surface area contributed by atoms with E-state index in [2.05, 4.69) is 0 Å². The van der Waals surface area contributed by atoms with Crippen molar-refractivity contribution >= 4 is 10.8 Å². The number of rotatable bonds is 3. The predicted octanol–water partition coefficient (Wildman–Crippen LogP) is 0.263. The molecule has 1 saturated heterocycles. The molecule has 1 heterocycles. The quantitative estimate of drug-likeness (QED) is 0.696. The third-order valence-electron chi connectivity index (χ3n) is 2.24. The second-order valence-corrected chi connectivity index (χ2v) is 5.10. The van der Waals surface area contributed by atoms with Crippen LogP contribution in [0.25, 0.3) is 0 Å². The first-order valence-electron chi connectivity index (χ1n) is 4.29. The Bertz CT molecular complexity index is 166. The highest BCUT2D eigenvalue weighted by Crippen LogP contribution is 2.19. The van der Waals surface area contributed by atoms with Gasteiger partial charge in [-0.3, -0.25) is 4.21 Å². The molecule has 72 valence electrons. The van der Waals surface area contributed by atoms with E-state index in [4.69, 9.17) is 10.5 Å². The average Bonchev–Trinajstić information content (AvgIpc) is 2.03. The first-order chi connectivity index (χ1) is 5.62. The fourth-order valence-corrected chi connectivity index (χ4v) is 2.11. The summed E-state index contributed by atoms with van der Waals surface area (Å²) in [5.74, 6) is 0.694. The molecule has 2 N–H and O–H groups in total. The topological polar surface area (TPSA) is 52.3 Å². The number of ether oxygens (including phenoxy) is 1. The van der Waals surface area contributed by atoms with Gasteiger partial charge in [-0.2, -0.15) is 0 Å². The summed E-state index contributed by atoms with van der Waals surface area (Å²) in [4.78, 5) is 0. The van der Waals surface area contributed by atoms with Crippen LogP contribution < -0.4 is 5.73 Å². The van der Waals surface area contributed by atoms with Crippen molar-refractivity contribution in [2.24, 2.45) is 5.73 Å². The van der Waals surface area contributed by atoms with Crippen molar-refractivity contribution in [3.05, 3.63) is 0 Å². The minimum absolute atomic E-state index is 0.204. The fraction of sp³-hybridized carbons (Fsp3) is 1.00. The third-order valence-corrected chi connectivity index (χ3v) is 3.02. The van der Waals surface area contributed by atoms with Gasteiger partial charge in [0.25, 0.3) is 0 Å². The lowest BCUT2D eigenvalue weighted by molar-refractivity contribution is 0.0369. The Morgan fingerprint density at radius 3 is 2.92 bits per heavy atom. The second-order valence-electron chi connectivity index (χ2n) is 3.55. The van der Waals surface area contributed by atoms with E-state index in [0.717, 1.165) is 25.9 Å². The Hall–Kier alpha value is 0.0700. The summed E-state index contributed by atoms with van der Waals surface area (Å²) in [5.41, 5.74) is 5.84. The smallest absolute Gasteiger partial charge is 0.0646 e. The van der Waals surface area contributed by atoms with Crippen molar-refractivity contribution in [1.29, 1.82) is 0 Å². The van der Waals surface area contributed by atoms with E-state index >= 15 is 0 Å². The van der Waals surface area contributed by atoms with Gasteiger partial charge in [0.15, 0.2) is 0 Å². The molecule has 12 heavy (non-hydrogen) atoms. The van der Waals surface area contributed by atoms with Crippen molar-refractivity contribution in [1.82, 2.24) is 0 Å². The molecule has 1 aliphatic heterocycles. The number of hydrogen-bond acceptors (Lipinski definition) is 3. The molecule has 0 bridgehead atoms. The standard InChI is InChI=1S/C8H17NO2S/c1-12(10)6-4-8(9)3-2-5-11-7-8/h2-7,9H2,1H3. The summed E-state index contributed by atoms with van der Waals surface area (Å²) in [7, 11) is -0.729. The molecule has 3 nitrogen and oxygen atoms in total. The molecule has 0 amide bonds. The zero-order chi connectivity index (χ0) is 9.03. The molecule has 0 spiro atoms. The van der Waals surface area contributed by atoms with E-state index in [-0.39, 0.29) is 5.54 Å². The van der Waals surface area contributed by atoms with Gasteiger partial charge in [-0.15, -0.1) is 0 Å². The van der Waals surface area contributed by atoms with E-state index in [0.29, 0.717) is 12.4 Å². The average molecular weight is 191 g/mol. The van der Waals surface area contributed by atoms with Crippen molar-refractivity contribution in [2.45, 2.75) is 24.8 Å². The summed E-state index contributed by atoms with van der Waals surface area (Å²) in [5, 5.41) is 0. The highest BCUT2D eigenvalue weighted by atomic mass is 32.2. The van der Waals surface area contributed by atoms with Crippen LogP contribution >= 0.6 is 0 Å².